The molecule has 1 rings (SSSR count). The SMILES string of the molecule is NC1CC(N)(N)C(N)(N)C1. The highest BCUT2D eigenvalue weighted by atomic mass is 15.2. The third kappa shape index (κ3) is 1.02. The van der Waals surface area contributed by atoms with E-state index in [2.05, 4.69) is 0 Å². The van der Waals surface area contributed by atoms with Crippen LogP contribution in [0.2, 0.25) is 0 Å². The van der Waals surface area contributed by atoms with Crippen LogP contribution in [0.3, 0.4) is 0 Å². The Morgan fingerprint density at radius 1 is 0.900 bits per heavy atom. The van der Waals surface area contributed by atoms with Gasteiger partial charge in [-0.2, -0.15) is 0 Å². The molecular formula is C5H15N5. The first-order valence-corrected chi connectivity index (χ1v) is 3.26. The van der Waals surface area contributed by atoms with Crippen molar-refractivity contribution in [3.63, 3.8) is 0 Å². The van der Waals surface area contributed by atoms with E-state index in [9.17, 15) is 0 Å². The molecule has 0 unspecified atom stereocenters. The summed E-state index contributed by atoms with van der Waals surface area (Å²) in [5.74, 6) is 0. The second-order valence-electron chi connectivity index (χ2n) is 3.25. The van der Waals surface area contributed by atoms with Gasteiger partial charge in [0, 0.05) is 6.04 Å². The van der Waals surface area contributed by atoms with Gasteiger partial charge in [0.1, 0.15) is 0 Å². The number of nitrogens with two attached hydrogens (primary N) is 5. The highest BCUT2D eigenvalue weighted by Gasteiger charge is 2.48. The topological polar surface area (TPSA) is 130 Å². The summed E-state index contributed by atoms with van der Waals surface area (Å²) in [6.07, 6.45) is 0.972. The van der Waals surface area contributed by atoms with Crippen LogP contribution in [0.1, 0.15) is 12.8 Å². The van der Waals surface area contributed by atoms with Gasteiger partial charge in [-0.05, 0) is 12.8 Å². The van der Waals surface area contributed by atoms with Crippen LogP contribution in [0.5, 0.6) is 0 Å². The maximum atomic E-state index is 5.59. The van der Waals surface area contributed by atoms with E-state index in [0.717, 1.165) is 0 Å². The van der Waals surface area contributed by atoms with Crippen LogP contribution in [0.25, 0.3) is 0 Å². The Labute approximate surface area is 59.9 Å². The van der Waals surface area contributed by atoms with Crippen LogP contribution in [0.4, 0.5) is 0 Å². The Balaban J connectivity index is 2.78. The zero-order chi connectivity index (χ0) is 7.99. The van der Waals surface area contributed by atoms with Crippen LogP contribution >= 0.6 is 0 Å². The van der Waals surface area contributed by atoms with Gasteiger partial charge in [0.25, 0.3) is 0 Å². The molecule has 1 saturated carbocycles. The third-order valence-corrected chi connectivity index (χ3v) is 2.07. The summed E-state index contributed by atoms with van der Waals surface area (Å²) in [6.45, 7) is 0. The largest absolute Gasteiger partial charge is 0.327 e. The minimum Gasteiger partial charge on any atom is -0.327 e. The molecule has 1 aliphatic rings. The molecule has 5 heteroatoms. The lowest BCUT2D eigenvalue weighted by atomic mass is 10.0. The van der Waals surface area contributed by atoms with Crippen LogP contribution in [-0.2, 0) is 0 Å². The molecule has 0 aromatic carbocycles. The normalized spacial score (nSPS) is 30.9. The fraction of sp³-hybridized carbons (Fsp3) is 1.00. The molecule has 0 aromatic heterocycles. The molecular weight excluding hydrogens is 130 g/mol. The lowest BCUT2D eigenvalue weighted by Gasteiger charge is -2.32. The van der Waals surface area contributed by atoms with Crippen molar-refractivity contribution >= 4 is 0 Å². The minimum absolute atomic E-state index is 0.0648. The smallest absolute Gasteiger partial charge is 0.0971 e. The summed E-state index contributed by atoms with van der Waals surface area (Å²) in [5, 5.41) is 0. The van der Waals surface area contributed by atoms with Gasteiger partial charge in [-0.3, -0.25) is 0 Å². The summed E-state index contributed by atoms with van der Waals surface area (Å²) in [5.41, 5.74) is 25.9. The molecule has 0 amide bonds. The fourth-order valence-electron chi connectivity index (χ4n) is 1.32. The molecule has 0 bridgehead atoms. The first-order valence-electron chi connectivity index (χ1n) is 3.26. The molecule has 60 valence electrons. The van der Waals surface area contributed by atoms with Crippen LogP contribution in [-0.4, -0.2) is 17.4 Å². The molecule has 10 heavy (non-hydrogen) atoms. The van der Waals surface area contributed by atoms with Crippen molar-refractivity contribution in [1.29, 1.82) is 0 Å². The standard InChI is InChI=1S/C5H15N5/c6-3-1-4(7,8)5(9,10)2-3/h3H,1-2,6-10H2. The van der Waals surface area contributed by atoms with Gasteiger partial charge in [0.2, 0.25) is 0 Å². The predicted octanol–water partition coefficient (Wildman–Crippen LogP) is -2.67. The quantitative estimate of drug-likeness (QED) is 0.237. The zero-order valence-corrected chi connectivity index (χ0v) is 5.88. The molecule has 1 aliphatic carbocycles. The Hall–Kier alpha value is -0.200. The molecule has 1 fully saturated rings. The highest BCUT2D eigenvalue weighted by Crippen LogP contribution is 2.26. The van der Waals surface area contributed by atoms with E-state index >= 15 is 0 Å². The van der Waals surface area contributed by atoms with Crippen LogP contribution in [0, 0.1) is 0 Å². The number of rotatable bonds is 0. The maximum absolute atomic E-state index is 5.59. The summed E-state index contributed by atoms with van der Waals surface area (Å²) in [4.78, 5) is 0. The lowest BCUT2D eigenvalue weighted by molar-refractivity contribution is 0.277. The molecule has 0 aromatic rings. The summed E-state index contributed by atoms with van der Waals surface area (Å²) >= 11 is 0. The van der Waals surface area contributed by atoms with Gasteiger partial charge in [-0.15, -0.1) is 0 Å². The second kappa shape index (κ2) is 1.90. The first kappa shape index (κ1) is 7.90. The predicted molar refractivity (Wildman–Crippen MR) is 39.4 cm³/mol. The third-order valence-electron chi connectivity index (χ3n) is 2.07. The molecule has 0 spiro atoms. The van der Waals surface area contributed by atoms with E-state index < -0.39 is 11.3 Å². The van der Waals surface area contributed by atoms with E-state index in [1.165, 1.54) is 0 Å². The van der Waals surface area contributed by atoms with Crippen molar-refractivity contribution in [3.8, 4) is 0 Å². The molecule has 0 atom stereocenters. The van der Waals surface area contributed by atoms with Gasteiger partial charge >= 0.3 is 0 Å². The van der Waals surface area contributed by atoms with Gasteiger partial charge in [-0.25, -0.2) is 0 Å². The maximum Gasteiger partial charge on any atom is 0.0971 e. The molecule has 0 heterocycles. The summed E-state index contributed by atoms with van der Waals surface area (Å²) in [6, 6.07) is -0.0648. The highest BCUT2D eigenvalue weighted by molar-refractivity contribution is 5.08. The molecule has 0 saturated heterocycles. The Morgan fingerprint density at radius 3 is 1.30 bits per heavy atom. The van der Waals surface area contributed by atoms with Gasteiger partial charge in [0.05, 0.1) is 11.3 Å². The van der Waals surface area contributed by atoms with Crippen LogP contribution < -0.4 is 28.7 Å². The molecule has 10 N–H and O–H groups in total. The van der Waals surface area contributed by atoms with E-state index in [-0.39, 0.29) is 6.04 Å². The summed E-state index contributed by atoms with van der Waals surface area (Å²) < 4.78 is 0. The van der Waals surface area contributed by atoms with E-state index in [1.807, 2.05) is 0 Å². The van der Waals surface area contributed by atoms with E-state index in [4.69, 9.17) is 28.7 Å². The Morgan fingerprint density at radius 2 is 1.20 bits per heavy atom. The van der Waals surface area contributed by atoms with Crippen molar-refractivity contribution in [2.45, 2.75) is 30.2 Å². The average molecular weight is 145 g/mol. The lowest BCUT2D eigenvalue weighted by Crippen LogP contribution is -2.72. The Bertz CT molecular complexity index is 125. The average Bonchev–Trinajstić information content (AvgIpc) is 1.73. The van der Waals surface area contributed by atoms with Crippen molar-refractivity contribution in [2.24, 2.45) is 28.7 Å². The molecule has 0 aliphatic heterocycles. The Kier molecular flexibility index (Phi) is 1.50. The van der Waals surface area contributed by atoms with Gasteiger partial charge in [0.15, 0.2) is 0 Å². The number of hydrogen-bond acceptors (Lipinski definition) is 5. The zero-order valence-electron chi connectivity index (χ0n) is 5.88. The monoisotopic (exact) mass is 145 g/mol. The van der Waals surface area contributed by atoms with Crippen molar-refractivity contribution in [2.75, 3.05) is 0 Å². The van der Waals surface area contributed by atoms with Crippen molar-refractivity contribution in [3.05, 3.63) is 0 Å². The van der Waals surface area contributed by atoms with Crippen LogP contribution in [0.15, 0.2) is 0 Å². The molecule has 0 radical (unpaired) electrons. The fourth-order valence-corrected chi connectivity index (χ4v) is 1.32. The minimum atomic E-state index is -1.01. The first-order chi connectivity index (χ1) is 4.35. The number of hydrogen-bond donors (Lipinski definition) is 5. The van der Waals surface area contributed by atoms with Gasteiger partial charge < -0.3 is 28.7 Å². The second-order valence-corrected chi connectivity index (χ2v) is 3.25. The van der Waals surface area contributed by atoms with Gasteiger partial charge in [-0.1, -0.05) is 0 Å². The van der Waals surface area contributed by atoms with E-state index in [0.29, 0.717) is 12.8 Å². The summed E-state index contributed by atoms with van der Waals surface area (Å²) in [7, 11) is 0. The van der Waals surface area contributed by atoms with Crippen molar-refractivity contribution in [1.82, 2.24) is 0 Å². The van der Waals surface area contributed by atoms with Crippen molar-refractivity contribution < 1.29 is 0 Å². The van der Waals surface area contributed by atoms with E-state index in [1.54, 1.807) is 0 Å². The molecule has 5 nitrogen and oxygen atoms in total.